The second-order valence-electron chi connectivity index (χ2n) is 3.35. The topological polar surface area (TPSA) is 28.7 Å². The molecule has 0 aliphatic carbocycles. The molecule has 0 aliphatic rings. The van der Waals surface area contributed by atoms with Gasteiger partial charge in [0, 0.05) is 18.2 Å². The van der Waals surface area contributed by atoms with E-state index in [4.69, 9.17) is 0 Å². The smallest absolute Gasteiger partial charge is 0.106 e. The number of aromatic amines is 1. The summed E-state index contributed by atoms with van der Waals surface area (Å²) in [6, 6.07) is 10.2. The zero-order valence-electron chi connectivity index (χ0n) is 8.33. The third kappa shape index (κ3) is 1.84. The van der Waals surface area contributed by atoms with E-state index in [1.807, 2.05) is 24.4 Å². The summed E-state index contributed by atoms with van der Waals surface area (Å²) in [4.78, 5) is 7.71. The normalized spacial score (nSPS) is 10.4. The lowest BCUT2D eigenvalue weighted by atomic mass is 10.2. The van der Waals surface area contributed by atoms with Gasteiger partial charge in [0.15, 0.2) is 0 Å². The first-order chi connectivity index (χ1) is 6.90. The van der Waals surface area contributed by atoms with Gasteiger partial charge < -0.3 is 4.98 Å². The number of nitrogens with one attached hydrogen (secondary N) is 1. The average molecular weight is 186 g/mol. The van der Waals surface area contributed by atoms with Crippen LogP contribution in [0.2, 0.25) is 0 Å². The summed E-state index contributed by atoms with van der Waals surface area (Å²) in [6.45, 7) is 2.16. The lowest BCUT2D eigenvalue weighted by Crippen LogP contribution is -1.85. The van der Waals surface area contributed by atoms with Gasteiger partial charge in [-0.2, -0.15) is 0 Å². The van der Waals surface area contributed by atoms with E-state index in [9.17, 15) is 0 Å². The molecule has 0 aliphatic heterocycles. The van der Waals surface area contributed by atoms with Crippen molar-refractivity contribution in [3.63, 3.8) is 0 Å². The van der Waals surface area contributed by atoms with Gasteiger partial charge in [0.1, 0.15) is 5.82 Å². The van der Waals surface area contributed by atoms with E-state index < -0.39 is 0 Å². The molecule has 0 atom stereocenters. The number of hydrogen-bond donors (Lipinski definition) is 1. The average Bonchev–Trinajstić information content (AvgIpc) is 2.68. The van der Waals surface area contributed by atoms with Gasteiger partial charge in [-0.15, -0.1) is 0 Å². The van der Waals surface area contributed by atoms with E-state index in [0.717, 1.165) is 24.4 Å². The van der Waals surface area contributed by atoms with Gasteiger partial charge in [0.25, 0.3) is 0 Å². The molecule has 0 unspecified atom stereocenters. The molecule has 0 saturated heterocycles. The Kier molecular flexibility index (Phi) is 2.63. The van der Waals surface area contributed by atoms with Crippen LogP contribution in [0.25, 0.3) is 11.3 Å². The SMILES string of the molecule is CCCc1nc(-c2ccccc2)c[nH]1. The highest BCUT2D eigenvalue weighted by atomic mass is 14.9. The Labute approximate surface area is 84.0 Å². The van der Waals surface area contributed by atoms with Crippen LogP contribution in [0.4, 0.5) is 0 Å². The summed E-state index contributed by atoms with van der Waals surface area (Å²) in [6.07, 6.45) is 4.12. The van der Waals surface area contributed by atoms with Crippen molar-refractivity contribution < 1.29 is 0 Å². The van der Waals surface area contributed by atoms with Crippen LogP contribution in [0.5, 0.6) is 0 Å². The molecule has 0 spiro atoms. The largest absolute Gasteiger partial charge is 0.348 e. The number of H-pyrrole nitrogens is 1. The van der Waals surface area contributed by atoms with Gasteiger partial charge in [-0.3, -0.25) is 0 Å². The number of nitrogens with zero attached hydrogens (tertiary/aromatic N) is 1. The van der Waals surface area contributed by atoms with Gasteiger partial charge in [0.2, 0.25) is 0 Å². The van der Waals surface area contributed by atoms with E-state index in [1.165, 1.54) is 5.56 Å². The molecule has 14 heavy (non-hydrogen) atoms. The minimum atomic E-state index is 1.02. The van der Waals surface area contributed by atoms with E-state index >= 15 is 0 Å². The molecule has 1 aromatic heterocycles. The summed E-state index contributed by atoms with van der Waals surface area (Å²) in [5.41, 5.74) is 2.21. The maximum absolute atomic E-state index is 4.51. The summed E-state index contributed by atoms with van der Waals surface area (Å²) >= 11 is 0. The van der Waals surface area contributed by atoms with Crippen LogP contribution in [0.3, 0.4) is 0 Å². The maximum atomic E-state index is 4.51. The molecule has 0 amide bonds. The number of rotatable bonds is 3. The van der Waals surface area contributed by atoms with Gasteiger partial charge in [-0.05, 0) is 6.42 Å². The molecule has 0 fully saturated rings. The molecule has 2 aromatic rings. The zero-order chi connectivity index (χ0) is 9.80. The molecule has 1 aromatic carbocycles. The zero-order valence-corrected chi connectivity index (χ0v) is 8.33. The predicted octanol–water partition coefficient (Wildman–Crippen LogP) is 3.03. The fourth-order valence-corrected chi connectivity index (χ4v) is 1.48. The molecule has 1 N–H and O–H groups in total. The van der Waals surface area contributed by atoms with Crippen molar-refractivity contribution in [1.29, 1.82) is 0 Å². The molecule has 2 heteroatoms. The van der Waals surface area contributed by atoms with Crippen LogP contribution in [0, 0.1) is 0 Å². The van der Waals surface area contributed by atoms with Crippen molar-refractivity contribution in [2.24, 2.45) is 0 Å². The van der Waals surface area contributed by atoms with Crippen molar-refractivity contribution in [2.45, 2.75) is 19.8 Å². The van der Waals surface area contributed by atoms with Gasteiger partial charge in [-0.1, -0.05) is 37.3 Å². The minimum absolute atomic E-state index is 1.02. The monoisotopic (exact) mass is 186 g/mol. The molecule has 2 rings (SSSR count). The molecule has 0 saturated carbocycles. The van der Waals surface area contributed by atoms with Crippen molar-refractivity contribution in [3.05, 3.63) is 42.4 Å². The molecule has 72 valence electrons. The van der Waals surface area contributed by atoms with E-state index in [1.54, 1.807) is 0 Å². The van der Waals surface area contributed by atoms with Crippen LogP contribution >= 0.6 is 0 Å². The lowest BCUT2D eigenvalue weighted by Gasteiger charge is -1.93. The van der Waals surface area contributed by atoms with Crippen molar-refractivity contribution >= 4 is 0 Å². The number of imidazole rings is 1. The summed E-state index contributed by atoms with van der Waals surface area (Å²) in [5.74, 6) is 1.08. The Bertz CT molecular complexity index is 390. The highest BCUT2D eigenvalue weighted by molar-refractivity contribution is 5.57. The van der Waals surface area contributed by atoms with Gasteiger partial charge in [0.05, 0.1) is 5.69 Å². The molecular formula is C12H14N2. The first-order valence-corrected chi connectivity index (χ1v) is 5.00. The van der Waals surface area contributed by atoms with Crippen LogP contribution < -0.4 is 0 Å². The van der Waals surface area contributed by atoms with Crippen LogP contribution in [0.1, 0.15) is 19.2 Å². The summed E-state index contributed by atoms with van der Waals surface area (Å²) in [5, 5.41) is 0. The van der Waals surface area contributed by atoms with Crippen LogP contribution in [-0.2, 0) is 6.42 Å². The van der Waals surface area contributed by atoms with Crippen LogP contribution in [-0.4, -0.2) is 9.97 Å². The Morgan fingerprint density at radius 2 is 2.00 bits per heavy atom. The van der Waals surface area contributed by atoms with E-state index in [-0.39, 0.29) is 0 Å². The first-order valence-electron chi connectivity index (χ1n) is 5.00. The standard InChI is InChI=1S/C12H14N2/c1-2-6-12-13-9-11(14-12)10-7-4-3-5-8-10/h3-5,7-9H,2,6H2,1H3,(H,13,14). The lowest BCUT2D eigenvalue weighted by molar-refractivity contribution is 0.857. The van der Waals surface area contributed by atoms with Crippen molar-refractivity contribution in [1.82, 2.24) is 9.97 Å². The Hall–Kier alpha value is -1.57. The van der Waals surface area contributed by atoms with E-state index in [2.05, 4.69) is 29.0 Å². The fraction of sp³-hybridized carbons (Fsp3) is 0.250. The highest BCUT2D eigenvalue weighted by Crippen LogP contribution is 2.16. The fourth-order valence-electron chi connectivity index (χ4n) is 1.48. The molecule has 1 heterocycles. The number of aromatic nitrogens is 2. The van der Waals surface area contributed by atoms with Gasteiger partial charge >= 0.3 is 0 Å². The highest BCUT2D eigenvalue weighted by Gasteiger charge is 2.01. The quantitative estimate of drug-likeness (QED) is 0.784. The van der Waals surface area contributed by atoms with Crippen molar-refractivity contribution in [2.75, 3.05) is 0 Å². The maximum Gasteiger partial charge on any atom is 0.106 e. The second kappa shape index (κ2) is 4.09. The first kappa shape index (κ1) is 9.00. The number of hydrogen-bond acceptors (Lipinski definition) is 1. The third-order valence-electron chi connectivity index (χ3n) is 2.19. The second-order valence-corrected chi connectivity index (χ2v) is 3.35. The van der Waals surface area contributed by atoms with Crippen LogP contribution in [0.15, 0.2) is 36.5 Å². The molecule has 2 nitrogen and oxygen atoms in total. The minimum Gasteiger partial charge on any atom is -0.348 e. The number of benzene rings is 1. The van der Waals surface area contributed by atoms with E-state index in [0.29, 0.717) is 0 Å². The Morgan fingerprint density at radius 3 is 2.71 bits per heavy atom. The Morgan fingerprint density at radius 1 is 1.21 bits per heavy atom. The van der Waals surface area contributed by atoms with Gasteiger partial charge in [-0.25, -0.2) is 4.98 Å². The number of aryl methyl sites for hydroxylation is 1. The molecular weight excluding hydrogens is 172 g/mol. The predicted molar refractivity (Wildman–Crippen MR) is 58.0 cm³/mol. The van der Waals surface area contributed by atoms with Crippen molar-refractivity contribution in [3.8, 4) is 11.3 Å². The molecule has 0 radical (unpaired) electrons. The summed E-state index contributed by atoms with van der Waals surface area (Å²) < 4.78 is 0. The Balaban J connectivity index is 2.25. The molecule has 0 bridgehead atoms. The third-order valence-corrected chi connectivity index (χ3v) is 2.19. The summed E-state index contributed by atoms with van der Waals surface area (Å²) in [7, 11) is 0.